The predicted molar refractivity (Wildman–Crippen MR) is 62.4 cm³/mol. The van der Waals surface area contributed by atoms with Gasteiger partial charge in [-0.1, -0.05) is 6.92 Å². The summed E-state index contributed by atoms with van der Waals surface area (Å²) in [4.78, 5) is 13.5. The van der Waals surface area contributed by atoms with E-state index < -0.39 is 0 Å². The molecule has 1 saturated heterocycles. The Morgan fingerprint density at radius 1 is 1.44 bits per heavy atom. The molecule has 16 heavy (non-hydrogen) atoms. The Morgan fingerprint density at radius 2 is 2.12 bits per heavy atom. The van der Waals surface area contributed by atoms with Crippen LogP contribution in [0.3, 0.4) is 0 Å². The Labute approximate surface area is 97.6 Å². The third-order valence-electron chi connectivity index (χ3n) is 3.36. The third kappa shape index (κ3) is 3.85. The van der Waals surface area contributed by atoms with Crippen molar-refractivity contribution in [3.8, 4) is 0 Å². The van der Waals surface area contributed by atoms with Gasteiger partial charge in [0.25, 0.3) is 0 Å². The van der Waals surface area contributed by atoms with Crippen molar-refractivity contribution >= 4 is 6.29 Å². The number of carbonyl (C=O) groups excluding carboxylic acids is 1. The molecule has 0 atom stereocenters. The number of ether oxygens (including phenoxy) is 1. The number of aldehydes is 1. The molecule has 1 fully saturated rings. The van der Waals surface area contributed by atoms with E-state index >= 15 is 0 Å². The zero-order valence-corrected chi connectivity index (χ0v) is 10.2. The van der Waals surface area contributed by atoms with Gasteiger partial charge in [0.15, 0.2) is 0 Å². The van der Waals surface area contributed by atoms with Crippen LogP contribution in [0.2, 0.25) is 0 Å². The summed E-state index contributed by atoms with van der Waals surface area (Å²) in [5.41, 5.74) is -0.219. The van der Waals surface area contributed by atoms with E-state index in [1.807, 2.05) is 0 Å². The quantitative estimate of drug-likeness (QED) is 0.652. The van der Waals surface area contributed by atoms with Gasteiger partial charge in [-0.3, -0.25) is 0 Å². The lowest BCUT2D eigenvalue weighted by atomic mass is 9.81. The van der Waals surface area contributed by atoms with Gasteiger partial charge in [0.1, 0.15) is 6.29 Å². The summed E-state index contributed by atoms with van der Waals surface area (Å²) >= 11 is 0. The molecule has 0 spiro atoms. The topological polar surface area (TPSA) is 49.8 Å². The first-order chi connectivity index (χ1) is 7.76. The molecule has 1 aliphatic heterocycles. The maximum absolute atomic E-state index is 11.3. The minimum absolute atomic E-state index is 0.216. The molecule has 1 heterocycles. The standard InChI is InChI=1S/C12H23NO3/c1-2-13(6-3-7-14)10-12(11-15)4-8-16-9-5-12/h11,14H,2-10H2,1H3. The highest BCUT2D eigenvalue weighted by atomic mass is 16.5. The van der Waals surface area contributed by atoms with E-state index in [9.17, 15) is 4.79 Å². The highest BCUT2D eigenvalue weighted by molar-refractivity contribution is 5.60. The fraction of sp³-hybridized carbons (Fsp3) is 0.917. The molecule has 4 heteroatoms. The van der Waals surface area contributed by atoms with Crippen LogP contribution in [0.5, 0.6) is 0 Å². The maximum Gasteiger partial charge on any atom is 0.127 e. The highest BCUT2D eigenvalue weighted by Gasteiger charge is 2.33. The average molecular weight is 229 g/mol. The number of aliphatic hydroxyl groups excluding tert-OH is 1. The lowest BCUT2D eigenvalue weighted by Crippen LogP contribution is -2.43. The Bertz CT molecular complexity index is 202. The first kappa shape index (κ1) is 13.6. The molecule has 0 bridgehead atoms. The summed E-state index contributed by atoms with van der Waals surface area (Å²) in [5, 5.41) is 8.82. The van der Waals surface area contributed by atoms with Crippen LogP contribution in [0.4, 0.5) is 0 Å². The van der Waals surface area contributed by atoms with E-state index in [1.165, 1.54) is 0 Å². The summed E-state index contributed by atoms with van der Waals surface area (Å²) < 4.78 is 5.31. The molecule has 0 radical (unpaired) electrons. The molecular weight excluding hydrogens is 206 g/mol. The van der Waals surface area contributed by atoms with Gasteiger partial charge in [0.2, 0.25) is 0 Å². The van der Waals surface area contributed by atoms with E-state index in [0.29, 0.717) is 13.2 Å². The fourth-order valence-corrected chi connectivity index (χ4v) is 2.18. The Morgan fingerprint density at radius 3 is 2.62 bits per heavy atom. The second kappa shape index (κ2) is 6.99. The molecule has 1 N–H and O–H groups in total. The van der Waals surface area contributed by atoms with Crippen molar-refractivity contribution in [2.24, 2.45) is 5.41 Å². The number of hydrogen-bond acceptors (Lipinski definition) is 4. The van der Waals surface area contributed by atoms with Crippen LogP contribution in [0.25, 0.3) is 0 Å². The summed E-state index contributed by atoms with van der Waals surface area (Å²) in [6, 6.07) is 0. The van der Waals surface area contributed by atoms with Crippen molar-refractivity contribution < 1.29 is 14.6 Å². The molecule has 4 nitrogen and oxygen atoms in total. The van der Waals surface area contributed by atoms with Crippen LogP contribution in [-0.2, 0) is 9.53 Å². The summed E-state index contributed by atoms with van der Waals surface area (Å²) in [6.45, 7) is 6.28. The van der Waals surface area contributed by atoms with E-state index in [-0.39, 0.29) is 12.0 Å². The van der Waals surface area contributed by atoms with Gasteiger partial charge in [0, 0.05) is 38.3 Å². The molecule has 94 valence electrons. The highest BCUT2D eigenvalue weighted by Crippen LogP contribution is 2.29. The van der Waals surface area contributed by atoms with Crippen LogP contribution in [-0.4, -0.2) is 55.7 Å². The van der Waals surface area contributed by atoms with Crippen LogP contribution in [0.15, 0.2) is 0 Å². The van der Waals surface area contributed by atoms with Crippen LogP contribution < -0.4 is 0 Å². The summed E-state index contributed by atoms with van der Waals surface area (Å²) in [6.07, 6.45) is 3.54. The van der Waals surface area contributed by atoms with E-state index in [1.54, 1.807) is 0 Å². The van der Waals surface area contributed by atoms with Crippen LogP contribution in [0.1, 0.15) is 26.2 Å². The Kier molecular flexibility index (Phi) is 5.95. The van der Waals surface area contributed by atoms with Crippen molar-refractivity contribution in [1.82, 2.24) is 4.90 Å². The van der Waals surface area contributed by atoms with Gasteiger partial charge >= 0.3 is 0 Å². The first-order valence-electron chi connectivity index (χ1n) is 6.13. The van der Waals surface area contributed by atoms with Gasteiger partial charge in [-0.2, -0.15) is 0 Å². The van der Waals surface area contributed by atoms with Crippen LogP contribution in [0, 0.1) is 5.41 Å². The average Bonchev–Trinajstić information content (AvgIpc) is 2.35. The Balaban J connectivity index is 2.48. The van der Waals surface area contributed by atoms with Gasteiger partial charge in [-0.15, -0.1) is 0 Å². The normalized spacial score (nSPS) is 19.9. The molecule has 0 unspecified atom stereocenters. The van der Waals surface area contributed by atoms with Crippen molar-refractivity contribution in [2.45, 2.75) is 26.2 Å². The molecule has 1 aliphatic rings. The second-order valence-corrected chi connectivity index (χ2v) is 4.54. The van der Waals surface area contributed by atoms with Crippen molar-refractivity contribution in [2.75, 3.05) is 39.5 Å². The Hall–Kier alpha value is -0.450. The summed E-state index contributed by atoms with van der Waals surface area (Å²) in [5.74, 6) is 0. The molecular formula is C12H23NO3. The lowest BCUT2D eigenvalue weighted by molar-refractivity contribution is -0.123. The number of hydrogen-bond donors (Lipinski definition) is 1. The molecule has 1 rings (SSSR count). The van der Waals surface area contributed by atoms with Crippen molar-refractivity contribution in [3.63, 3.8) is 0 Å². The molecule has 0 aromatic carbocycles. The van der Waals surface area contributed by atoms with Gasteiger partial charge in [0.05, 0.1) is 0 Å². The molecule has 0 amide bonds. The van der Waals surface area contributed by atoms with Gasteiger partial charge in [-0.25, -0.2) is 0 Å². The predicted octanol–water partition coefficient (Wildman–Crippen LogP) is 0.686. The zero-order chi connectivity index (χ0) is 11.9. The van der Waals surface area contributed by atoms with E-state index in [2.05, 4.69) is 11.8 Å². The smallest absolute Gasteiger partial charge is 0.127 e. The SMILES string of the molecule is CCN(CCCO)CC1(C=O)CCOCC1. The fourth-order valence-electron chi connectivity index (χ4n) is 2.18. The zero-order valence-electron chi connectivity index (χ0n) is 10.2. The second-order valence-electron chi connectivity index (χ2n) is 4.54. The van der Waals surface area contributed by atoms with Crippen molar-refractivity contribution in [1.29, 1.82) is 0 Å². The third-order valence-corrected chi connectivity index (χ3v) is 3.36. The monoisotopic (exact) mass is 229 g/mol. The summed E-state index contributed by atoms with van der Waals surface area (Å²) in [7, 11) is 0. The first-order valence-corrected chi connectivity index (χ1v) is 6.13. The number of nitrogens with zero attached hydrogens (tertiary/aromatic N) is 1. The molecule has 0 aromatic rings. The minimum atomic E-state index is -0.219. The largest absolute Gasteiger partial charge is 0.396 e. The van der Waals surface area contributed by atoms with Crippen LogP contribution >= 0.6 is 0 Å². The number of rotatable bonds is 7. The van der Waals surface area contributed by atoms with Gasteiger partial charge in [-0.05, 0) is 25.8 Å². The number of aliphatic hydroxyl groups is 1. The number of carbonyl (C=O) groups is 1. The molecule has 0 saturated carbocycles. The minimum Gasteiger partial charge on any atom is -0.396 e. The maximum atomic E-state index is 11.3. The lowest BCUT2D eigenvalue weighted by Gasteiger charge is -2.36. The van der Waals surface area contributed by atoms with E-state index in [0.717, 1.165) is 45.2 Å². The molecule has 0 aromatic heterocycles. The van der Waals surface area contributed by atoms with Crippen molar-refractivity contribution in [3.05, 3.63) is 0 Å². The van der Waals surface area contributed by atoms with Gasteiger partial charge < -0.3 is 19.5 Å². The van der Waals surface area contributed by atoms with E-state index in [4.69, 9.17) is 9.84 Å². The molecule has 0 aliphatic carbocycles.